The van der Waals surface area contributed by atoms with Gasteiger partial charge in [0.1, 0.15) is 11.3 Å². The Morgan fingerprint density at radius 2 is 1.96 bits per heavy atom. The predicted molar refractivity (Wildman–Crippen MR) is 108 cm³/mol. The molecule has 4 aromatic rings. The number of aryl methyl sites for hydroxylation is 1. The number of rotatable bonds is 7. The summed E-state index contributed by atoms with van der Waals surface area (Å²) in [5.74, 6) is 0.909. The molecule has 4 rings (SSSR count). The van der Waals surface area contributed by atoms with E-state index in [0.717, 1.165) is 35.2 Å². The Morgan fingerprint density at radius 3 is 2.70 bits per heavy atom. The number of hydrogen-bond donors (Lipinski definition) is 0. The van der Waals surface area contributed by atoms with Crippen LogP contribution < -0.4 is 5.63 Å². The second-order valence-electron chi connectivity index (χ2n) is 6.58. The molecule has 0 spiro atoms. The van der Waals surface area contributed by atoms with Gasteiger partial charge in [0.25, 0.3) is 0 Å². The van der Waals surface area contributed by atoms with E-state index in [1.807, 2.05) is 18.2 Å². The van der Waals surface area contributed by atoms with E-state index in [-0.39, 0.29) is 5.63 Å². The molecule has 0 bridgehead atoms. The third kappa shape index (κ3) is 4.21. The lowest BCUT2D eigenvalue weighted by molar-refractivity contribution is 0.229. The molecular weight excluding hydrogens is 358 g/mol. The summed E-state index contributed by atoms with van der Waals surface area (Å²) in [7, 11) is 0. The van der Waals surface area contributed by atoms with Gasteiger partial charge in [-0.05, 0) is 47.2 Å². The smallest absolute Gasteiger partial charge is 0.336 e. The molecule has 0 aliphatic heterocycles. The van der Waals surface area contributed by atoms with Gasteiger partial charge in [-0.2, -0.15) is 0 Å². The maximum atomic E-state index is 12.1. The van der Waals surface area contributed by atoms with Crippen LogP contribution in [0.4, 0.5) is 0 Å². The molecule has 0 amide bonds. The second kappa shape index (κ2) is 7.94. The molecule has 1 aromatic carbocycles. The fourth-order valence-corrected chi connectivity index (χ4v) is 4.03. The van der Waals surface area contributed by atoms with Gasteiger partial charge in [0, 0.05) is 29.4 Å². The van der Waals surface area contributed by atoms with Crippen molar-refractivity contribution < 1.29 is 8.83 Å². The number of furan rings is 1. The molecule has 3 aromatic heterocycles. The third-order valence-corrected chi connectivity index (χ3v) is 5.48. The number of fused-ring (bicyclic) bond motifs is 1. The summed E-state index contributed by atoms with van der Waals surface area (Å²) in [5, 5.41) is 3.07. The summed E-state index contributed by atoms with van der Waals surface area (Å²) in [5.41, 5.74) is 2.49. The Labute approximate surface area is 161 Å². The van der Waals surface area contributed by atoms with Crippen molar-refractivity contribution in [2.45, 2.75) is 33.0 Å². The van der Waals surface area contributed by atoms with Crippen LogP contribution in [0.2, 0.25) is 0 Å². The van der Waals surface area contributed by atoms with Gasteiger partial charge in [-0.15, -0.1) is 11.3 Å². The number of benzene rings is 1. The summed E-state index contributed by atoms with van der Waals surface area (Å²) in [6.45, 7) is 4.22. The topological polar surface area (TPSA) is 46.6 Å². The van der Waals surface area contributed by atoms with Crippen LogP contribution in [0.3, 0.4) is 0 Å². The van der Waals surface area contributed by atoms with Gasteiger partial charge in [-0.3, -0.25) is 4.90 Å². The maximum absolute atomic E-state index is 12.1. The molecule has 0 saturated carbocycles. The Hall–Kier alpha value is -2.63. The Morgan fingerprint density at radius 1 is 1.04 bits per heavy atom. The molecular formula is C22H21NO3S. The largest absolute Gasteiger partial charge is 0.468 e. The van der Waals surface area contributed by atoms with Crippen molar-refractivity contribution in [2.75, 3.05) is 0 Å². The normalized spacial score (nSPS) is 11.5. The highest BCUT2D eigenvalue weighted by Gasteiger charge is 2.14. The van der Waals surface area contributed by atoms with Crippen LogP contribution >= 0.6 is 11.3 Å². The Kier molecular flexibility index (Phi) is 5.23. The first-order valence-electron chi connectivity index (χ1n) is 9.04. The van der Waals surface area contributed by atoms with Crippen molar-refractivity contribution in [3.63, 3.8) is 0 Å². The molecule has 3 heterocycles. The highest BCUT2D eigenvalue weighted by atomic mass is 32.1. The van der Waals surface area contributed by atoms with Gasteiger partial charge in [0.15, 0.2) is 0 Å². The van der Waals surface area contributed by atoms with Gasteiger partial charge in [0.2, 0.25) is 0 Å². The Bertz CT molecular complexity index is 1030. The predicted octanol–water partition coefficient (Wildman–Crippen LogP) is 5.21. The quantitative estimate of drug-likeness (QED) is 0.413. The van der Waals surface area contributed by atoms with Crippen molar-refractivity contribution in [1.82, 2.24) is 4.90 Å². The molecule has 0 N–H and O–H groups in total. The standard InChI is InChI=1S/C22H21NO3S/c1-2-16-7-8-20-17(12-22(24)26-21(20)11-16)13-23(14-18-5-3-9-25-18)15-19-6-4-10-27-19/h3-12H,2,13-15H2,1H3. The number of hydrogen-bond acceptors (Lipinski definition) is 5. The highest BCUT2D eigenvalue weighted by Crippen LogP contribution is 2.23. The summed E-state index contributed by atoms with van der Waals surface area (Å²) in [4.78, 5) is 15.7. The lowest BCUT2D eigenvalue weighted by atomic mass is 10.1. The fourth-order valence-electron chi connectivity index (χ4n) is 3.28. The zero-order valence-electron chi connectivity index (χ0n) is 15.2. The van der Waals surface area contributed by atoms with E-state index < -0.39 is 0 Å². The molecule has 0 aliphatic carbocycles. The van der Waals surface area contributed by atoms with E-state index >= 15 is 0 Å². The fraction of sp³-hybridized carbons (Fsp3) is 0.227. The van der Waals surface area contributed by atoms with E-state index in [4.69, 9.17) is 8.83 Å². The van der Waals surface area contributed by atoms with Crippen molar-refractivity contribution in [2.24, 2.45) is 0 Å². The lowest BCUT2D eigenvalue weighted by Crippen LogP contribution is -2.22. The third-order valence-electron chi connectivity index (χ3n) is 4.62. The number of thiophene rings is 1. The molecule has 27 heavy (non-hydrogen) atoms. The van der Waals surface area contributed by atoms with Crippen molar-refractivity contribution in [3.8, 4) is 0 Å². The zero-order chi connectivity index (χ0) is 18.6. The average molecular weight is 379 g/mol. The molecule has 0 unspecified atom stereocenters. The van der Waals surface area contributed by atoms with E-state index in [1.165, 1.54) is 4.88 Å². The first-order valence-corrected chi connectivity index (χ1v) is 9.92. The molecule has 0 aliphatic rings. The van der Waals surface area contributed by atoms with Crippen LogP contribution in [0.15, 0.2) is 73.8 Å². The van der Waals surface area contributed by atoms with Gasteiger partial charge in [0.05, 0.1) is 12.8 Å². The maximum Gasteiger partial charge on any atom is 0.336 e. The molecule has 0 atom stereocenters. The molecule has 0 saturated heterocycles. The molecule has 4 nitrogen and oxygen atoms in total. The van der Waals surface area contributed by atoms with Gasteiger partial charge in [-0.25, -0.2) is 4.79 Å². The van der Waals surface area contributed by atoms with Crippen LogP contribution in [0.1, 0.15) is 28.7 Å². The minimum Gasteiger partial charge on any atom is -0.468 e. The lowest BCUT2D eigenvalue weighted by Gasteiger charge is -2.21. The first-order chi connectivity index (χ1) is 13.2. The van der Waals surface area contributed by atoms with Crippen LogP contribution in [0, 0.1) is 0 Å². The molecule has 0 fully saturated rings. The van der Waals surface area contributed by atoms with Crippen LogP contribution in [-0.2, 0) is 26.1 Å². The van der Waals surface area contributed by atoms with Crippen LogP contribution in [-0.4, -0.2) is 4.90 Å². The van der Waals surface area contributed by atoms with E-state index in [9.17, 15) is 4.79 Å². The number of nitrogens with zero attached hydrogens (tertiary/aromatic N) is 1. The molecule has 138 valence electrons. The van der Waals surface area contributed by atoms with E-state index in [0.29, 0.717) is 18.7 Å². The van der Waals surface area contributed by atoms with Crippen molar-refractivity contribution >= 4 is 22.3 Å². The van der Waals surface area contributed by atoms with Gasteiger partial charge >= 0.3 is 5.63 Å². The van der Waals surface area contributed by atoms with Gasteiger partial charge in [-0.1, -0.05) is 25.1 Å². The van der Waals surface area contributed by atoms with E-state index in [2.05, 4.69) is 41.5 Å². The Balaban J connectivity index is 1.68. The van der Waals surface area contributed by atoms with Crippen LogP contribution in [0.25, 0.3) is 11.0 Å². The zero-order valence-corrected chi connectivity index (χ0v) is 16.0. The molecule has 0 radical (unpaired) electrons. The first kappa shape index (κ1) is 17.8. The van der Waals surface area contributed by atoms with E-state index in [1.54, 1.807) is 23.7 Å². The van der Waals surface area contributed by atoms with Crippen molar-refractivity contribution in [3.05, 3.63) is 92.4 Å². The SMILES string of the molecule is CCc1ccc2c(CN(Cc3ccco3)Cc3cccs3)cc(=O)oc2c1. The average Bonchev–Trinajstić information content (AvgIpc) is 3.35. The summed E-state index contributed by atoms with van der Waals surface area (Å²) in [6, 6.07) is 15.8. The minimum atomic E-state index is -0.306. The summed E-state index contributed by atoms with van der Waals surface area (Å²) < 4.78 is 11.0. The molecule has 5 heteroatoms. The van der Waals surface area contributed by atoms with Gasteiger partial charge < -0.3 is 8.83 Å². The summed E-state index contributed by atoms with van der Waals surface area (Å²) in [6.07, 6.45) is 2.60. The van der Waals surface area contributed by atoms with Crippen molar-refractivity contribution in [1.29, 1.82) is 0 Å². The second-order valence-corrected chi connectivity index (χ2v) is 7.61. The summed E-state index contributed by atoms with van der Waals surface area (Å²) >= 11 is 1.73. The highest BCUT2D eigenvalue weighted by molar-refractivity contribution is 7.09. The minimum absolute atomic E-state index is 0.306. The van der Waals surface area contributed by atoms with Crippen LogP contribution in [0.5, 0.6) is 0 Å². The monoisotopic (exact) mass is 379 g/mol.